The van der Waals surface area contributed by atoms with Crippen LogP contribution < -0.4 is 16.2 Å². The van der Waals surface area contributed by atoms with Gasteiger partial charge in [-0.2, -0.15) is 5.10 Å². The van der Waals surface area contributed by atoms with Crippen LogP contribution in [0.1, 0.15) is 6.42 Å². The first kappa shape index (κ1) is 16.6. The summed E-state index contributed by atoms with van der Waals surface area (Å²) in [5, 5.41) is 10.2. The summed E-state index contributed by atoms with van der Waals surface area (Å²) in [6, 6.07) is 1.55. The molecule has 0 atom stereocenters. The lowest BCUT2D eigenvalue weighted by atomic mass is 10.4. The highest BCUT2D eigenvalue weighted by molar-refractivity contribution is 5.38. The second kappa shape index (κ2) is 10.4. The fraction of sp³-hybridized carbons (Fsp3) is 0.692. The van der Waals surface area contributed by atoms with Gasteiger partial charge < -0.3 is 20.1 Å². The van der Waals surface area contributed by atoms with Gasteiger partial charge in [-0.05, 0) is 13.5 Å². The third-order valence-electron chi connectivity index (χ3n) is 2.66. The van der Waals surface area contributed by atoms with E-state index >= 15 is 0 Å². The number of nitrogens with zero attached hydrogens (tertiary/aromatic N) is 2. The molecule has 1 heterocycles. The second-order valence-electron chi connectivity index (χ2n) is 4.29. The van der Waals surface area contributed by atoms with E-state index in [9.17, 15) is 4.79 Å². The molecule has 0 aromatic carbocycles. The van der Waals surface area contributed by atoms with E-state index in [4.69, 9.17) is 9.47 Å². The van der Waals surface area contributed by atoms with Crippen LogP contribution in [0.15, 0.2) is 17.1 Å². The molecule has 1 rings (SSSR count). The zero-order valence-electron chi connectivity index (χ0n) is 12.2. The Labute approximate surface area is 119 Å². The molecule has 1 aromatic rings. The number of hydrogen-bond donors (Lipinski definition) is 2. The van der Waals surface area contributed by atoms with Gasteiger partial charge in [-0.1, -0.05) is 0 Å². The van der Waals surface area contributed by atoms with E-state index in [0.717, 1.165) is 25.2 Å². The fourth-order valence-electron chi connectivity index (χ4n) is 1.59. The molecule has 0 unspecified atom stereocenters. The van der Waals surface area contributed by atoms with Gasteiger partial charge in [-0.3, -0.25) is 4.79 Å². The average Bonchev–Trinajstić information content (AvgIpc) is 2.45. The monoisotopic (exact) mass is 284 g/mol. The molecule has 7 heteroatoms. The zero-order valence-corrected chi connectivity index (χ0v) is 12.2. The number of ether oxygens (including phenoxy) is 2. The molecule has 0 aliphatic rings. The molecule has 0 amide bonds. The highest BCUT2D eigenvalue weighted by atomic mass is 16.5. The van der Waals surface area contributed by atoms with E-state index in [2.05, 4.69) is 15.7 Å². The first-order valence-electron chi connectivity index (χ1n) is 6.80. The Morgan fingerprint density at radius 1 is 1.30 bits per heavy atom. The summed E-state index contributed by atoms with van der Waals surface area (Å²) in [5.74, 6) is 0. The summed E-state index contributed by atoms with van der Waals surface area (Å²) >= 11 is 0. The van der Waals surface area contributed by atoms with Crippen LogP contribution in [0.3, 0.4) is 0 Å². The van der Waals surface area contributed by atoms with Crippen molar-refractivity contribution in [2.45, 2.75) is 13.0 Å². The van der Waals surface area contributed by atoms with E-state index < -0.39 is 0 Å². The van der Waals surface area contributed by atoms with Crippen molar-refractivity contribution in [2.24, 2.45) is 0 Å². The fourth-order valence-corrected chi connectivity index (χ4v) is 1.59. The minimum absolute atomic E-state index is 0.125. The van der Waals surface area contributed by atoms with Gasteiger partial charge in [-0.25, -0.2) is 4.68 Å². The predicted molar refractivity (Wildman–Crippen MR) is 78.2 cm³/mol. The first-order chi connectivity index (χ1) is 9.77. The topological polar surface area (TPSA) is 77.4 Å². The lowest BCUT2D eigenvalue weighted by molar-refractivity contribution is 0.0954. The normalized spacial score (nSPS) is 10.7. The van der Waals surface area contributed by atoms with Crippen LogP contribution in [0.25, 0.3) is 0 Å². The maximum absolute atomic E-state index is 11.8. The molecule has 1 aromatic heterocycles. The Hall–Kier alpha value is -1.44. The van der Waals surface area contributed by atoms with E-state index in [1.807, 2.05) is 7.05 Å². The van der Waals surface area contributed by atoms with Crippen LogP contribution in [-0.4, -0.2) is 56.8 Å². The number of aromatic nitrogens is 2. The maximum Gasteiger partial charge on any atom is 0.268 e. The van der Waals surface area contributed by atoms with E-state index in [0.29, 0.717) is 26.4 Å². The number of nitrogens with one attached hydrogen (secondary N) is 2. The van der Waals surface area contributed by atoms with Crippen molar-refractivity contribution in [3.05, 3.63) is 22.6 Å². The van der Waals surface area contributed by atoms with Crippen LogP contribution >= 0.6 is 0 Å². The standard InChI is InChI=1S/C13H24N4O3/c1-14-4-5-15-12-10-13(18)17(16-11-12)6-9-20-8-3-7-19-2/h10-11,14-15H,3-9H2,1-2H3. The van der Waals surface area contributed by atoms with E-state index in [1.54, 1.807) is 19.4 Å². The molecule has 0 aliphatic heterocycles. The minimum atomic E-state index is -0.125. The maximum atomic E-state index is 11.8. The molecular weight excluding hydrogens is 260 g/mol. The van der Waals surface area contributed by atoms with Crippen molar-refractivity contribution >= 4 is 5.69 Å². The third-order valence-corrected chi connectivity index (χ3v) is 2.66. The molecule has 0 saturated carbocycles. The van der Waals surface area contributed by atoms with Gasteiger partial charge >= 0.3 is 0 Å². The van der Waals surface area contributed by atoms with Gasteiger partial charge in [0.1, 0.15) is 0 Å². The Bertz CT molecular complexity index is 422. The molecule has 0 saturated heterocycles. The second-order valence-corrected chi connectivity index (χ2v) is 4.29. The van der Waals surface area contributed by atoms with Crippen molar-refractivity contribution in [2.75, 3.05) is 52.4 Å². The van der Waals surface area contributed by atoms with Gasteiger partial charge in [0.25, 0.3) is 5.56 Å². The molecular formula is C13H24N4O3. The smallest absolute Gasteiger partial charge is 0.268 e. The lowest BCUT2D eigenvalue weighted by Crippen LogP contribution is -2.25. The van der Waals surface area contributed by atoms with E-state index in [1.165, 1.54) is 4.68 Å². The average molecular weight is 284 g/mol. The van der Waals surface area contributed by atoms with Crippen LogP contribution in [0.4, 0.5) is 5.69 Å². The van der Waals surface area contributed by atoms with Gasteiger partial charge in [0.2, 0.25) is 0 Å². The number of rotatable bonds is 11. The van der Waals surface area contributed by atoms with Gasteiger partial charge in [0, 0.05) is 39.5 Å². The summed E-state index contributed by atoms with van der Waals surface area (Å²) in [4.78, 5) is 11.8. The van der Waals surface area contributed by atoms with Crippen molar-refractivity contribution in [3.63, 3.8) is 0 Å². The predicted octanol–water partition coefficient (Wildman–Crippen LogP) is -0.0723. The van der Waals surface area contributed by atoms with Gasteiger partial charge in [0.15, 0.2) is 0 Å². The number of methoxy groups -OCH3 is 1. The summed E-state index contributed by atoms with van der Waals surface area (Å²) in [6.45, 7) is 3.84. The first-order valence-corrected chi connectivity index (χ1v) is 6.80. The van der Waals surface area contributed by atoms with Crippen molar-refractivity contribution in [1.29, 1.82) is 0 Å². The number of likely N-dealkylation sites (N-methyl/N-ethyl adjacent to an activating group) is 1. The quantitative estimate of drug-likeness (QED) is 0.554. The highest BCUT2D eigenvalue weighted by Gasteiger charge is 2.00. The molecule has 20 heavy (non-hydrogen) atoms. The molecule has 0 spiro atoms. The highest BCUT2D eigenvalue weighted by Crippen LogP contribution is 1.98. The number of anilines is 1. The lowest BCUT2D eigenvalue weighted by Gasteiger charge is -2.08. The Morgan fingerprint density at radius 3 is 2.85 bits per heavy atom. The molecule has 114 valence electrons. The van der Waals surface area contributed by atoms with Crippen LogP contribution in [0.2, 0.25) is 0 Å². The van der Waals surface area contributed by atoms with Crippen LogP contribution in [0.5, 0.6) is 0 Å². The molecule has 2 N–H and O–H groups in total. The number of hydrogen-bond acceptors (Lipinski definition) is 6. The van der Waals surface area contributed by atoms with Crippen molar-refractivity contribution in [1.82, 2.24) is 15.1 Å². The van der Waals surface area contributed by atoms with E-state index in [-0.39, 0.29) is 5.56 Å². The summed E-state index contributed by atoms with van der Waals surface area (Å²) < 4.78 is 11.7. The molecule has 0 fully saturated rings. The molecule has 0 bridgehead atoms. The summed E-state index contributed by atoms with van der Waals surface area (Å²) in [7, 11) is 3.54. The molecule has 0 radical (unpaired) electrons. The zero-order chi connectivity index (χ0) is 14.6. The Kier molecular flexibility index (Phi) is 8.61. The van der Waals surface area contributed by atoms with Gasteiger partial charge in [-0.15, -0.1) is 0 Å². The summed E-state index contributed by atoms with van der Waals surface area (Å²) in [6.07, 6.45) is 2.51. The third kappa shape index (κ3) is 6.65. The summed E-state index contributed by atoms with van der Waals surface area (Å²) in [5.41, 5.74) is 0.613. The molecule has 0 aliphatic carbocycles. The van der Waals surface area contributed by atoms with Gasteiger partial charge in [0.05, 0.1) is 25.0 Å². The largest absolute Gasteiger partial charge is 0.385 e. The Morgan fingerprint density at radius 2 is 2.15 bits per heavy atom. The van der Waals surface area contributed by atoms with Crippen LogP contribution in [0, 0.1) is 0 Å². The van der Waals surface area contributed by atoms with Crippen molar-refractivity contribution in [3.8, 4) is 0 Å². The minimum Gasteiger partial charge on any atom is -0.385 e. The Balaban J connectivity index is 2.30. The van der Waals surface area contributed by atoms with Crippen LogP contribution in [-0.2, 0) is 16.0 Å². The van der Waals surface area contributed by atoms with Crippen molar-refractivity contribution < 1.29 is 9.47 Å². The molecule has 7 nitrogen and oxygen atoms in total. The SMILES string of the molecule is CNCCNc1cnn(CCOCCCOC)c(=O)c1.